The second kappa shape index (κ2) is 6.71. The number of aromatic hydroxyl groups is 1. The molecule has 1 saturated heterocycles. The van der Waals surface area contributed by atoms with Gasteiger partial charge in [0.1, 0.15) is 11.6 Å². The van der Waals surface area contributed by atoms with E-state index in [1.165, 1.54) is 31.0 Å². The third-order valence-corrected chi connectivity index (χ3v) is 3.27. The Morgan fingerprint density at radius 2 is 2.28 bits per heavy atom. The Hall–Kier alpha value is -1.13. The van der Waals surface area contributed by atoms with Crippen LogP contribution in [0.1, 0.15) is 31.2 Å². The number of rotatable bonds is 5. The monoisotopic (exact) mass is 253 g/mol. The zero-order chi connectivity index (χ0) is 12.8. The average molecular weight is 253 g/mol. The summed E-state index contributed by atoms with van der Waals surface area (Å²) in [6.07, 6.45) is 4.87. The molecule has 0 radical (unpaired) electrons. The molecule has 1 aromatic carbocycles. The molecule has 1 aliphatic heterocycles. The molecule has 0 bridgehead atoms. The van der Waals surface area contributed by atoms with Crippen LogP contribution in [-0.2, 0) is 11.3 Å². The number of phenolic OH excluding ortho intramolecular Hbond substituents is 1. The number of benzene rings is 1. The van der Waals surface area contributed by atoms with Gasteiger partial charge in [-0.1, -0.05) is 0 Å². The van der Waals surface area contributed by atoms with Gasteiger partial charge in [0, 0.05) is 18.7 Å². The Morgan fingerprint density at radius 3 is 3.06 bits per heavy atom. The van der Waals surface area contributed by atoms with Gasteiger partial charge in [0.15, 0.2) is 0 Å². The minimum Gasteiger partial charge on any atom is -0.508 e. The molecule has 1 unspecified atom stereocenters. The molecular formula is C14H20FNO2. The summed E-state index contributed by atoms with van der Waals surface area (Å²) in [7, 11) is 0. The van der Waals surface area contributed by atoms with Crippen molar-refractivity contribution in [3.8, 4) is 5.75 Å². The minimum absolute atomic E-state index is 0.137. The van der Waals surface area contributed by atoms with E-state index in [4.69, 9.17) is 4.74 Å². The fourth-order valence-corrected chi connectivity index (χ4v) is 2.22. The van der Waals surface area contributed by atoms with Gasteiger partial charge in [-0.25, -0.2) is 4.39 Å². The summed E-state index contributed by atoms with van der Waals surface area (Å²) in [6.45, 7) is 2.17. The van der Waals surface area contributed by atoms with Crippen molar-refractivity contribution in [3.05, 3.63) is 29.6 Å². The van der Waals surface area contributed by atoms with E-state index in [1.54, 1.807) is 0 Å². The second-order valence-corrected chi connectivity index (χ2v) is 4.73. The van der Waals surface area contributed by atoms with E-state index in [-0.39, 0.29) is 11.6 Å². The molecule has 4 heteroatoms. The first kappa shape index (κ1) is 13.3. The zero-order valence-electron chi connectivity index (χ0n) is 10.5. The molecule has 1 aliphatic rings. The molecule has 2 rings (SSSR count). The quantitative estimate of drug-likeness (QED) is 0.792. The predicted octanol–water partition coefficient (Wildman–Crippen LogP) is 2.58. The molecule has 1 atom stereocenters. The first-order valence-corrected chi connectivity index (χ1v) is 6.55. The number of nitrogens with one attached hydrogen (secondary N) is 1. The van der Waals surface area contributed by atoms with Crippen molar-refractivity contribution in [3.63, 3.8) is 0 Å². The Morgan fingerprint density at radius 1 is 1.39 bits per heavy atom. The number of hydrogen-bond donors (Lipinski definition) is 2. The van der Waals surface area contributed by atoms with Crippen LogP contribution < -0.4 is 5.32 Å². The highest BCUT2D eigenvalue weighted by atomic mass is 19.1. The van der Waals surface area contributed by atoms with Crippen molar-refractivity contribution in [2.45, 2.75) is 38.3 Å². The summed E-state index contributed by atoms with van der Waals surface area (Å²) in [5.41, 5.74) is 0.597. The summed E-state index contributed by atoms with van der Waals surface area (Å²) in [5, 5.41) is 12.8. The summed E-state index contributed by atoms with van der Waals surface area (Å²) >= 11 is 0. The van der Waals surface area contributed by atoms with Gasteiger partial charge in [0.25, 0.3) is 0 Å². The maximum atomic E-state index is 13.0. The Kier molecular flexibility index (Phi) is 4.96. The topological polar surface area (TPSA) is 41.5 Å². The van der Waals surface area contributed by atoms with Gasteiger partial charge < -0.3 is 15.2 Å². The first-order valence-electron chi connectivity index (χ1n) is 6.55. The van der Waals surface area contributed by atoms with Crippen molar-refractivity contribution in [1.29, 1.82) is 0 Å². The maximum absolute atomic E-state index is 13.0. The smallest absolute Gasteiger partial charge is 0.123 e. The fraction of sp³-hybridized carbons (Fsp3) is 0.571. The summed E-state index contributed by atoms with van der Waals surface area (Å²) in [4.78, 5) is 0. The van der Waals surface area contributed by atoms with Gasteiger partial charge in [-0.15, -0.1) is 0 Å². The SMILES string of the molecule is Oc1ccc(F)cc1CNCCC1CCCCO1. The molecular weight excluding hydrogens is 233 g/mol. The molecule has 100 valence electrons. The van der Waals surface area contributed by atoms with Crippen molar-refractivity contribution in [1.82, 2.24) is 5.32 Å². The van der Waals surface area contributed by atoms with Crippen LogP contribution >= 0.6 is 0 Å². The normalized spacial score (nSPS) is 19.9. The summed E-state index contributed by atoms with van der Waals surface area (Å²) in [5.74, 6) is -0.182. The van der Waals surface area contributed by atoms with Crippen LogP contribution in [0.4, 0.5) is 4.39 Å². The van der Waals surface area contributed by atoms with Gasteiger partial charge in [-0.3, -0.25) is 0 Å². The van der Waals surface area contributed by atoms with Gasteiger partial charge in [0.2, 0.25) is 0 Å². The zero-order valence-corrected chi connectivity index (χ0v) is 10.5. The largest absolute Gasteiger partial charge is 0.508 e. The molecule has 0 amide bonds. The molecule has 18 heavy (non-hydrogen) atoms. The van der Waals surface area contributed by atoms with E-state index in [2.05, 4.69) is 5.32 Å². The van der Waals surface area contributed by atoms with E-state index >= 15 is 0 Å². The lowest BCUT2D eigenvalue weighted by molar-refractivity contribution is 0.0115. The van der Waals surface area contributed by atoms with Gasteiger partial charge in [-0.05, 0) is 50.4 Å². The number of phenols is 1. The van der Waals surface area contributed by atoms with Crippen LogP contribution in [0.15, 0.2) is 18.2 Å². The third-order valence-electron chi connectivity index (χ3n) is 3.27. The highest BCUT2D eigenvalue weighted by Crippen LogP contribution is 2.18. The van der Waals surface area contributed by atoms with Crippen molar-refractivity contribution in [2.24, 2.45) is 0 Å². The first-order chi connectivity index (χ1) is 8.75. The van der Waals surface area contributed by atoms with Crippen LogP contribution in [0.25, 0.3) is 0 Å². The van der Waals surface area contributed by atoms with Gasteiger partial charge in [-0.2, -0.15) is 0 Å². The number of hydrogen-bond acceptors (Lipinski definition) is 3. The van der Waals surface area contributed by atoms with Gasteiger partial charge in [0.05, 0.1) is 6.10 Å². The molecule has 2 N–H and O–H groups in total. The number of ether oxygens (including phenoxy) is 1. The van der Waals surface area contributed by atoms with Gasteiger partial charge >= 0.3 is 0 Å². The Labute approximate surface area is 107 Å². The van der Waals surface area contributed by atoms with Crippen molar-refractivity contribution >= 4 is 0 Å². The lowest BCUT2D eigenvalue weighted by Gasteiger charge is -2.22. The molecule has 1 aromatic rings. The van der Waals surface area contributed by atoms with E-state index in [9.17, 15) is 9.50 Å². The molecule has 0 aliphatic carbocycles. The molecule has 1 heterocycles. The van der Waals surface area contributed by atoms with Crippen LogP contribution in [0.3, 0.4) is 0 Å². The van der Waals surface area contributed by atoms with Crippen molar-refractivity contribution in [2.75, 3.05) is 13.2 Å². The third kappa shape index (κ3) is 3.96. The Balaban J connectivity index is 1.69. The molecule has 0 aromatic heterocycles. The van der Waals surface area contributed by atoms with E-state index in [1.807, 2.05) is 0 Å². The lowest BCUT2D eigenvalue weighted by Crippen LogP contribution is -2.25. The minimum atomic E-state index is -0.319. The second-order valence-electron chi connectivity index (χ2n) is 4.73. The highest BCUT2D eigenvalue weighted by molar-refractivity contribution is 5.32. The lowest BCUT2D eigenvalue weighted by atomic mass is 10.1. The average Bonchev–Trinajstić information content (AvgIpc) is 2.40. The summed E-state index contributed by atoms with van der Waals surface area (Å²) < 4.78 is 18.6. The van der Waals surface area contributed by atoms with Crippen LogP contribution in [-0.4, -0.2) is 24.4 Å². The van der Waals surface area contributed by atoms with E-state index in [0.29, 0.717) is 18.2 Å². The molecule has 0 spiro atoms. The van der Waals surface area contributed by atoms with E-state index < -0.39 is 0 Å². The van der Waals surface area contributed by atoms with Crippen LogP contribution in [0, 0.1) is 5.82 Å². The predicted molar refractivity (Wildman–Crippen MR) is 68.0 cm³/mol. The highest BCUT2D eigenvalue weighted by Gasteiger charge is 2.12. The van der Waals surface area contributed by atoms with Crippen LogP contribution in [0.5, 0.6) is 5.75 Å². The molecule has 0 saturated carbocycles. The van der Waals surface area contributed by atoms with E-state index in [0.717, 1.165) is 26.0 Å². The fourth-order valence-electron chi connectivity index (χ4n) is 2.22. The van der Waals surface area contributed by atoms with Crippen LogP contribution in [0.2, 0.25) is 0 Å². The van der Waals surface area contributed by atoms with Crippen molar-refractivity contribution < 1.29 is 14.2 Å². The standard InChI is InChI=1S/C14H20FNO2/c15-12-4-5-14(17)11(9-12)10-16-7-6-13-3-1-2-8-18-13/h4-5,9,13,16-17H,1-3,6-8,10H2. The maximum Gasteiger partial charge on any atom is 0.123 e. The number of halogens is 1. The molecule has 3 nitrogen and oxygen atoms in total. The Bertz CT molecular complexity index is 378. The molecule has 1 fully saturated rings. The summed E-state index contributed by atoms with van der Waals surface area (Å²) in [6, 6.07) is 4.00.